The fraction of sp³-hybridized carbons (Fsp3) is 0.462. The number of carboxylic acids is 1. The highest BCUT2D eigenvalue weighted by molar-refractivity contribution is 5.76. The maximum atomic E-state index is 11.2. The quantitative estimate of drug-likeness (QED) is 0.855. The summed E-state index contributed by atoms with van der Waals surface area (Å²) in [5, 5.41) is 18.3. The van der Waals surface area contributed by atoms with Gasteiger partial charge in [0, 0.05) is 18.8 Å². The van der Waals surface area contributed by atoms with Crippen LogP contribution in [0.1, 0.15) is 24.6 Å². The summed E-state index contributed by atoms with van der Waals surface area (Å²) in [6.07, 6.45) is 0.572. The van der Waals surface area contributed by atoms with Crippen molar-refractivity contribution in [3.8, 4) is 6.07 Å². The monoisotopic (exact) mass is 245 g/mol. The average molecular weight is 245 g/mol. The van der Waals surface area contributed by atoms with Crippen LogP contribution in [-0.4, -0.2) is 29.1 Å². The van der Waals surface area contributed by atoms with Crippen molar-refractivity contribution < 1.29 is 9.90 Å². The highest BCUT2D eigenvalue weighted by atomic mass is 16.4. The first-order valence-electron chi connectivity index (χ1n) is 5.82. The van der Waals surface area contributed by atoms with Gasteiger partial charge in [-0.2, -0.15) is 5.26 Å². The molecular weight excluding hydrogens is 230 g/mol. The number of hydrogen-bond acceptors (Lipinski definition) is 4. The maximum absolute atomic E-state index is 11.2. The molecule has 1 atom stereocenters. The first kappa shape index (κ1) is 12.4. The lowest BCUT2D eigenvalue weighted by Gasteiger charge is -2.21. The highest BCUT2D eigenvalue weighted by Crippen LogP contribution is 2.33. The number of nitriles is 1. The van der Waals surface area contributed by atoms with Crippen molar-refractivity contribution in [2.24, 2.45) is 5.41 Å². The zero-order chi connectivity index (χ0) is 13.3. The van der Waals surface area contributed by atoms with Gasteiger partial charge in [-0.05, 0) is 32.4 Å². The van der Waals surface area contributed by atoms with Crippen LogP contribution in [0.4, 0.5) is 5.82 Å². The van der Waals surface area contributed by atoms with Crippen LogP contribution in [-0.2, 0) is 4.79 Å². The number of carbonyl (C=O) groups is 1. The van der Waals surface area contributed by atoms with Crippen LogP contribution in [0.25, 0.3) is 0 Å². The molecule has 5 nitrogen and oxygen atoms in total. The Bertz CT molecular complexity index is 536. The Morgan fingerprint density at radius 1 is 1.61 bits per heavy atom. The lowest BCUT2D eigenvalue weighted by molar-refractivity contribution is -0.146. The Labute approximate surface area is 106 Å². The SMILES string of the molecule is Cc1ccc(C#N)c(N2CCC(C)(C(=O)O)C2)n1. The molecule has 2 heterocycles. The topological polar surface area (TPSA) is 77.2 Å². The number of aryl methyl sites for hydroxylation is 1. The molecule has 0 amide bonds. The number of nitrogens with zero attached hydrogens (tertiary/aromatic N) is 3. The van der Waals surface area contributed by atoms with Crippen molar-refractivity contribution >= 4 is 11.8 Å². The summed E-state index contributed by atoms with van der Waals surface area (Å²) < 4.78 is 0. The molecule has 1 aliphatic heterocycles. The van der Waals surface area contributed by atoms with E-state index >= 15 is 0 Å². The van der Waals surface area contributed by atoms with Gasteiger partial charge in [-0.1, -0.05) is 0 Å². The molecule has 1 N–H and O–H groups in total. The van der Waals surface area contributed by atoms with Gasteiger partial charge in [0.05, 0.1) is 11.0 Å². The first-order chi connectivity index (χ1) is 8.46. The lowest BCUT2D eigenvalue weighted by Crippen LogP contribution is -2.32. The molecule has 0 aliphatic carbocycles. The van der Waals surface area contributed by atoms with Crippen molar-refractivity contribution in [3.05, 3.63) is 23.4 Å². The number of anilines is 1. The lowest BCUT2D eigenvalue weighted by atomic mass is 9.90. The summed E-state index contributed by atoms with van der Waals surface area (Å²) in [5.41, 5.74) is 0.571. The summed E-state index contributed by atoms with van der Waals surface area (Å²) in [6, 6.07) is 5.62. The summed E-state index contributed by atoms with van der Waals surface area (Å²) in [5.74, 6) is -0.196. The molecule has 1 fully saturated rings. The third-order valence-electron chi connectivity index (χ3n) is 3.42. The van der Waals surface area contributed by atoms with E-state index in [0.29, 0.717) is 30.9 Å². The van der Waals surface area contributed by atoms with Gasteiger partial charge in [-0.3, -0.25) is 4.79 Å². The van der Waals surface area contributed by atoms with Gasteiger partial charge in [0.15, 0.2) is 0 Å². The molecule has 1 aromatic heterocycles. The molecule has 94 valence electrons. The zero-order valence-corrected chi connectivity index (χ0v) is 10.5. The summed E-state index contributed by atoms with van der Waals surface area (Å²) >= 11 is 0. The molecule has 0 spiro atoms. The predicted octanol–water partition coefficient (Wildman–Crippen LogP) is 1.56. The van der Waals surface area contributed by atoms with Crippen molar-refractivity contribution in [3.63, 3.8) is 0 Å². The van der Waals surface area contributed by atoms with Gasteiger partial charge in [0.2, 0.25) is 0 Å². The van der Waals surface area contributed by atoms with Gasteiger partial charge in [-0.25, -0.2) is 4.98 Å². The second-order valence-corrected chi connectivity index (χ2v) is 4.97. The summed E-state index contributed by atoms with van der Waals surface area (Å²) in [6.45, 7) is 4.61. The number of pyridine rings is 1. The molecule has 1 unspecified atom stereocenters. The van der Waals surface area contributed by atoms with Gasteiger partial charge >= 0.3 is 5.97 Å². The Balaban J connectivity index is 2.33. The van der Waals surface area contributed by atoms with E-state index in [9.17, 15) is 9.90 Å². The standard InChI is InChI=1S/C13H15N3O2/c1-9-3-4-10(7-14)11(15-9)16-6-5-13(2,8-16)12(17)18/h3-4H,5-6,8H2,1-2H3,(H,17,18). The molecule has 0 saturated carbocycles. The molecule has 1 saturated heterocycles. The third kappa shape index (κ3) is 2.02. The molecule has 18 heavy (non-hydrogen) atoms. The molecule has 1 aromatic rings. The summed E-state index contributed by atoms with van der Waals surface area (Å²) in [4.78, 5) is 17.5. The average Bonchev–Trinajstić information content (AvgIpc) is 2.73. The van der Waals surface area contributed by atoms with E-state index < -0.39 is 11.4 Å². The zero-order valence-electron chi connectivity index (χ0n) is 10.5. The van der Waals surface area contributed by atoms with Gasteiger partial charge < -0.3 is 10.0 Å². The minimum Gasteiger partial charge on any atom is -0.481 e. The van der Waals surface area contributed by atoms with Gasteiger partial charge in [-0.15, -0.1) is 0 Å². The molecule has 0 radical (unpaired) electrons. The van der Waals surface area contributed by atoms with Crippen LogP contribution in [0.3, 0.4) is 0 Å². The van der Waals surface area contributed by atoms with E-state index in [0.717, 1.165) is 5.69 Å². The normalized spacial score (nSPS) is 22.8. The minimum absolute atomic E-state index is 0.396. The second-order valence-electron chi connectivity index (χ2n) is 4.97. The van der Waals surface area contributed by atoms with Gasteiger partial charge in [0.1, 0.15) is 11.9 Å². The van der Waals surface area contributed by atoms with Crippen molar-refractivity contribution in [2.45, 2.75) is 20.3 Å². The van der Waals surface area contributed by atoms with Crippen molar-refractivity contribution in [2.75, 3.05) is 18.0 Å². The molecule has 1 aliphatic rings. The van der Waals surface area contributed by atoms with Crippen molar-refractivity contribution in [1.29, 1.82) is 5.26 Å². The smallest absolute Gasteiger partial charge is 0.311 e. The Morgan fingerprint density at radius 2 is 2.33 bits per heavy atom. The Hall–Kier alpha value is -2.09. The Morgan fingerprint density at radius 3 is 2.89 bits per heavy atom. The number of carboxylic acid groups (broad SMARTS) is 1. The molecule has 5 heteroatoms. The van der Waals surface area contributed by atoms with Gasteiger partial charge in [0.25, 0.3) is 0 Å². The molecule has 0 bridgehead atoms. The minimum atomic E-state index is -0.795. The van der Waals surface area contributed by atoms with E-state index in [1.165, 1.54) is 0 Å². The van der Waals surface area contributed by atoms with E-state index in [1.54, 1.807) is 19.1 Å². The molecule has 2 rings (SSSR count). The van der Waals surface area contributed by atoms with Crippen LogP contribution >= 0.6 is 0 Å². The van der Waals surface area contributed by atoms with E-state index in [4.69, 9.17) is 5.26 Å². The fourth-order valence-electron chi connectivity index (χ4n) is 2.19. The van der Waals surface area contributed by atoms with Crippen molar-refractivity contribution in [1.82, 2.24) is 4.98 Å². The fourth-order valence-corrected chi connectivity index (χ4v) is 2.19. The molecular formula is C13H15N3O2. The van der Waals surface area contributed by atoms with E-state index in [2.05, 4.69) is 11.1 Å². The van der Waals surface area contributed by atoms with Crippen LogP contribution in [0.2, 0.25) is 0 Å². The maximum Gasteiger partial charge on any atom is 0.311 e. The Kier molecular flexibility index (Phi) is 2.95. The number of rotatable bonds is 2. The van der Waals surface area contributed by atoms with Crippen LogP contribution < -0.4 is 4.90 Å². The third-order valence-corrected chi connectivity index (χ3v) is 3.42. The summed E-state index contributed by atoms with van der Waals surface area (Å²) in [7, 11) is 0. The van der Waals surface area contributed by atoms with Crippen LogP contribution in [0.15, 0.2) is 12.1 Å². The number of hydrogen-bond donors (Lipinski definition) is 1. The van der Waals surface area contributed by atoms with Crippen LogP contribution in [0.5, 0.6) is 0 Å². The highest BCUT2D eigenvalue weighted by Gasteiger charge is 2.41. The second kappa shape index (κ2) is 4.30. The first-order valence-corrected chi connectivity index (χ1v) is 5.82. The molecule has 0 aromatic carbocycles. The van der Waals surface area contributed by atoms with E-state index in [1.807, 2.05) is 11.8 Å². The predicted molar refractivity (Wildman–Crippen MR) is 66.3 cm³/mol. The largest absolute Gasteiger partial charge is 0.481 e. The number of aromatic nitrogens is 1. The van der Waals surface area contributed by atoms with Crippen LogP contribution in [0, 0.1) is 23.7 Å². The van der Waals surface area contributed by atoms with E-state index in [-0.39, 0.29) is 0 Å². The number of aliphatic carboxylic acids is 1.